The Hall–Kier alpha value is -2.21. The van der Waals surface area contributed by atoms with Crippen LogP contribution in [0.1, 0.15) is 23.6 Å². The standard InChI is InChI=1S/C24H25BrClNO3/c1-3-29-23-12-19(15-27-14-17-6-10-21(28-2)11-7-17)22(25)13-24(23)30-16-18-4-8-20(26)9-5-18/h4-13,27H,3,14-16H2,1-2H3. The van der Waals surface area contributed by atoms with E-state index in [1.807, 2.05) is 55.5 Å². The summed E-state index contributed by atoms with van der Waals surface area (Å²) in [6.07, 6.45) is 0. The molecule has 6 heteroatoms. The van der Waals surface area contributed by atoms with Gasteiger partial charge in [-0.2, -0.15) is 0 Å². The van der Waals surface area contributed by atoms with Gasteiger partial charge in [0.2, 0.25) is 0 Å². The predicted octanol–water partition coefficient (Wildman–Crippen LogP) is 6.38. The molecule has 0 fully saturated rings. The van der Waals surface area contributed by atoms with E-state index in [1.54, 1.807) is 7.11 Å². The normalized spacial score (nSPS) is 10.7. The third kappa shape index (κ3) is 6.39. The minimum absolute atomic E-state index is 0.443. The van der Waals surface area contributed by atoms with E-state index >= 15 is 0 Å². The number of halogens is 2. The maximum absolute atomic E-state index is 6.02. The van der Waals surface area contributed by atoms with Crippen LogP contribution in [-0.2, 0) is 19.7 Å². The Morgan fingerprint density at radius 1 is 0.867 bits per heavy atom. The van der Waals surface area contributed by atoms with Crippen molar-refractivity contribution in [2.75, 3.05) is 13.7 Å². The van der Waals surface area contributed by atoms with Gasteiger partial charge in [0.25, 0.3) is 0 Å². The van der Waals surface area contributed by atoms with E-state index < -0.39 is 0 Å². The van der Waals surface area contributed by atoms with Crippen molar-refractivity contribution in [1.29, 1.82) is 0 Å². The molecular formula is C24H25BrClNO3. The van der Waals surface area contributed by atoms with E-state index in [-0.39, 0.29) is 0 Å². The van der Waals surface area contributed by atoms with E-state index in [9.17, 15) is 0 Å². The van der Waals surface area contributed by atoms with Crippen LogP contribution in [0.5, 0.6) is 17.2 Å². The first-order valence-corrected chi connectivity index (χ1v) is 10.9. The first-order valence-electron chi connectivity index (χ1n) is 9.75. The number of methoxy groups -OCH3 is 1. The van der Waals surface area contributed by atoms with Crippen LogP contribution in [0.2, 0.25) is 5.02 Å². The zero-order valence-electron chi connectivity index (χ0n) is 17.1. The maximum atomic E-state index is 6.02. The summed E-state index contributed by atoms with van der Waals surface area (Å²) in [7, 11) is 1.67. The van der Waals surface area contributed by atoms with Crippen molar-refractivity contribution in [1.82, 2.24) is 5.32 Å². The van der Waals surface area contributed by atoms with E-state index in [0.717, 1.165) is 33.6 Å². The van der Waals surface area contributed by atoms with E-state index in [0.29, 0.717) is 30.5 Å². The van der Waals surface area contributed by atoms with Crippen molar-refractivity contribution in [2.24, 2.45) is 0 Å². The van der Waals surface area contributed by atoms with Crippen LogP contribution < -0.4 is 19.5 Å². The molecule has 0 radical (unpaired) electrons. The molecule has 4 nitrogen and oxygen atoms in total. The van der Waals surface area contributed by atoms with Gasteiger partial charge in [-0.1, -0.05) is 51.8 Å². The van der Waals surface area contributed by atoms with Crippen molar-refractivity contribution in [3.05, 3.63) is 86.8 Å². The summed E-state index contributed by atoms with van der Waals surface area (Å²) in [5.74, 6) is 2.30. The Morgan fingerprint density at radius 2 is 1.53 bits per heavy atom. The molecule has 0 amide bonds. The summed E-state index contributed by atoms with van der Waals surface area (Å²) in [6, 6.07) is 19.6. The second kappa shape index (κ2) is 11.3. The highest BCUT2D eigenvalue weighted by atomic mass is 79.9. The molecule has 3 aromatic rings. The number of benzene rings is 3. The zero-order chi connectivity index (χ0) is 21.3. The summed E-state index contributed by atoms with van der Waals surface area (Å²) in [6.45, 7) is 4.43. The average Bonchev–Trinajstić information content (AvgIpc) is 2.76. The third-order valence-electron chi connectivity index (χ3n) is 4.52. The lowest BCUT2D eigenvalue weighted by Gasteiger charge is -2.16. The van der Waals surface area contributed by atoms with E-state index in [4.69, 9.17) is 25.8 Å². The average molecular weight is 491 g/mol. The van der Waals surface area contributed by atoms with Gasteiger partial charge in [-0.25, -0.2) is 0 Å². The van der Waals surface area contributed by atoms with Gasteiger partial charge in [-0.3, -0.25) is 0 Å². The highest BCUT2D eigenvalue weighted by Crippen LogP contribution is 2.34. The summed E-state index contributed by atoms with van der Waals surface area (Å²) >= 11 is 9.61. The second-order valence-electron chi connectivity index (χ2n) is 6.69. The molecular weight excluding hydrogens is 466 g/mol. The van der Waals surface area contributed by atoms with Gasteiger partial charge in [-0.05, 0) is 60.0 Å². The Labute approximate surface area is 191 Å². The van der Waals surface area contributed by atoms with Crippen LogP contribution >= 0.6 is 27.5 Å². The van der Waals surface area contributed by atoms with Crippen molar-refractivity contribution in [3.63, 3.8) is 0 Å². The Kier molecular flexibility index (Phi) is 8.43. The molecule has 158 valence electrons. The highest BCUT2D eigenvalue weighted by Gasteiger charge is 2.11. The van der Waals surface area contributed by atoms with Gasteiger partial charge in [0.05, 0.1) is 13.7 Å². The van der Waals surface area contributed by atoms with Crippen molar-refractivity contribution < 1.29 is 14.2 Å². The minimum Gasteiger partial charge on any atom is -0.497 e. The summed E-state index contributed by atoms with van der Waals surface area (Å²) in [5, 5.41) is 4.18. The first kappa shape index (κ1) is 22.5. The van der Waals surface area contributed by atoms with Crippen LogP contribution in [0, 0.1) is 0 Å². The van der Waals surface area contributed by atoms with Gasteiger partial charge >= 0.3 is 0 Å². The summed E-state index contributed by atoms with van der Waals surface area (Å²) in [4.78, 5) is 0. The fraction of sp³-hybridized carbons (Fsp3) is 0.250. The molecule has 30 heavy (non-hydrogen) atoms. The molecule has 0 atom stereocenters. The van der Waals surface area contributed by atoms with Gasteiger partial charge in [0.1, 0.15) is 12.4 Å². The van der Waals surface area contributed by atoms with Crippen LogP contribution in [0.25, 0.3) is 0 Å². The fourth-order valence-electron chi connectivity index (χ4n) is 2.92. The number of hydrogen-bond donors (Lipinski definition) is 1. The lowest BCUT2D eigenvalue weighted by molar-refractivity contribution is 0.269. The predicted molar refractivity (Wildman–Crippen MR) is 125 cm³/mol. The van der Waals surface area contributed by atoms with Crippen LogP contribution in [0.3, 0.4) is 0 Å². The number of ether oxygens (including phenoxy) is 3. The summed E-state index contributed by atoms with van der Waals surface area (Å²) < 4.78 is 18.0. The largest absolute Gasteiger partial charge is 0.497 e. The Balaban J connectivity index is 1.64. The van der Waals surface area contributed by atoms with Gasteiger partial charge < -0.3 is 19.5 Å². The molecule has 0 saturated carbocycles. The number of nitrogens with one attached hydrogen (secondary N) is 1. The quantitative estimate of drug-likeness (QED) is 0.358. The molecule has 0 aliphatic rings. The highest BCUT2D eigenvalue weighted by molar-refractivity contribution is 9.10. The van der Waals surface area contributed by atoms with Crippen molar-refractivity contribution >= 4 is 27.5 Å². The SMILES string of the molecule is CCOc1cc(CNCc2ccc(OC)cc2)c(Br)cc1OCc1ccc(Cl)cc1. The molecule has 0 saturated heterocycles. The summed E-state index contributed by atoms with van der Waals surface area (Å²) in [5.41, 5.74) is 3.34. The molecule has 0 aromatic heterocycles. The monoisotopic (exact) mass is 489 g/mol. The molecule has 0 spiro atoms. The van der Waals surface area contributed by atoms with Gasteiger partial charge in [0, 0.05) is 22.6 Å². The molecule has 1 N–H and O–H groups in total. The molecule has 0 heterocycles. The minimum atomic E-state index is 0.443. The third-order valence-corrected chi connectivity index (χ3v) is 5.51. The molecule has 0 aliphatic carbocycles. The zero-order valence-corrected chi connectivity index (χ0v) is 19.4. The lowest BCUT2D eigenvalue weighted by Crippen LogP contribution is -2.13. The molecule has 3 aromatic carbocycles. The smallest absolute Gasteiger partial charge is 0.162 e. The second-order valence-corrected chi connectivity index (χ2v) is 7.98. The van der Waals surface area contributed by atoms with Crippen molar-refractivity contribution in [2.45, 2.75) is 26.6 Å². The first-order chi connectivity index (χ1) is 14.6. The van der Waals surface area contributed by atoms with Crippen molar-refractivity contribution in [3.8, 4) is 17.2 Å². The molecule has 0 aliphatic heterocycles. The molecule has 3 rings (SSSR count). The number of rotatable bonds is 10. The Bertz CT molecular complexity index is 946. The number of hydrogen-bond acceptors (Lipinski definition) is 4. The molecule has 0 bridgehead atoms. The van der Waals surface area contributed by atoms with E-state index in [1.165, 1.54) is 5.56 Å². The topological polar surface area (TPSA) is 39.7 Å². The Morgan fingerprint density at radius 3 is 2.20 bits per heavy atom. The van der Waals surface area contributed by atoms with Crippen LogP contribution in [0.15, 0.2) is 65.1 Å². The lowest BCUT2D eigenvalue weighted by atomic mass is 10.1. The van der Waals surface area contributed by atoms with Crippen LogP contribution in [-0.4, -0.2) is 13.7 Å². The fourth-order valence-corrected chi connectivity index (χ4v) is 3.51. The van der Waals surface area contributed by atoms with Gasteiger partial charge in [0.15, 0.2) is 11.5 Å². The molecule has 0 unspecified atom stereocenters. The van der Waals surface area contributed by atoms with Gasteiger partial charge in [-0.15, -0.1) is 0 Å². The van der Waals surface area contributed by atoms with Crippen LogP contribution in [0.4, 0.5) is 0 Å². The van der Waals surface area contributed by atoms with E-state index in [2.05, 4.69) is 33.4 Å². The maximum Gasteiger partial charge on any atom is 0.162 e.